The number of hydrogen-bond donors (Lipinski definition) is 2. The van der Waals surface area contributed by atoms with E-state index in [-0.39, 0.29) is 36.5 Å². The number of rotatable bonds is 3. The number of alkyl halides is 1. The number of carbonyl (C=O) groups excluding carboxylic acids is 2. The first kappa shape index (κ1) is 11.7. The maximum atomic E-state index is 11.4. The van der Waals surface area contributed by atoms with Crippen molar-refractivity contribution < 1.29 is 14.3 Å². The minimum Gasteiger partial charge on any atom is -0.373 e. The monoisotopic (exact) mass is 246 g/mol. The van der Waals surface area contributed by atoms with Crippen LogP contribution in [-0.2, 0) is 9.53 Å². The molecule has 0 aliphatic carbocycles. The quantitative estimate of drug-likeness (QED) is 0.723. The molecule has 2 rings (SSSR count). The Labute approximate surface area is 98.9 Å². The van der Waals surface area contributed by atoms with Gasteiger partial charge in [-0.1, -0.05) is 0 Å². The minimum absolute atomic E-state index is 0.0440. The number of ether oxygens (including phenoxy) is 1. The van der Waals surface area contributed by atoms with Gasteiger partial charge in [-0.2, -0.15) is 0 Å². The summed E-state index contributed by atoms with van der Waals surface area (Å²) in [4.78, 5) is 22.5. The summed E-state index contributed by atoms with van der Waals surface area (Å²) < 4.78 is 5.59. The molecule has 2 N–H and O–H groups in total. The highest BCUT2D eigenvalue weighted by atomic mass is 35.5. The van der Waals surface area contributed by atoms with Crippen LogP contribution in [0.15, 0.2) is 0 Å². The molecule has 0 spiro atoms. The van der Waals surface area contributed by atoms with Gasteiger partial charge in [-0.15, -0.1) is 11.6 Å². The lowest BCUT2D eigenvalue weighted by Gasteiger charge is -2.19. The molecule has 90 valence electrons. The Bertz CT molecular complexity index is 298. The van der Waals surface area contributed by atoms with Gasteiger partial charge >= 0.3 is 6.03 Å². The highest BCUT2D eigenvalue weighted by molar-refractivity contribution is 6.19. The number of fused-ring (bicyclic) bond motifs is 2. The number of amides is 3. The van der Waals surface area contributed by atoms with Crippen LogP contribution in [0.2, 0.25) is 0 Å². The molecule has 2 bridgehead atoms. The first-order valence-corrected chi connectivity index (χ1v) is 6.04. The van der Waals surface area contributed by atoms with Crippen molar-refractivity contribution in [2.75, 3.05) is 5.88 Å². The van der Waals surface area contributed by atoms with Crippen molar-refractivity contribution in [2.24, 2.45) is 0 Å². The van der Waals surface area contributed by atoms with Gasteiger partial charge in [0.05, 0.1) is 18.2 Å². The second-order valence-electron chi connectivity index (χ2n) is 4.18. The fourth-order valence-corrected chi connectivity index (χ4v) is 2.44. The molecule has 3 unspecified atom stereocenters. The molecule has 2 saturated heterocycles. The van der Waals surface area contributed by atoms with E-state index in [0.29, 0.717) is 0 Å². The van der Waals surface area contributed by atoms with Crippen molar-refractivity contribution in [1.29, 1.82) is 0 Å². The molecule has 0 aromatic heterocycles. The van der Waals surface area contributed by atoms with Gasteiger partial charge in [0.25, 0.3) is 0 Å². The van der Waals surface area contributed by atoms with Crippen LogP contribution in [0.3, 0.4) is 0 Å². The van der Waals surface area contributed by atoms with Crippen molar-refractivity contribution in [3.63, 3.8) is 0 Å². The third-order valence-corrected chi connectivity index (χ3v) is 3.19. The van der Waals surface area contributed by atoms with E-state index >= 15 is 0 Å². The van der Waals surface area contributed by atoms with E-state index in [1.165, 1.54) is 0 Å². The molecule has 0 radical (unpaired) electrons. The van der Waals surface area contributed by atoms with Crippen molar-refractivity contribution in [2.45, 2.75) is 43.9 Å². The summed E-state index contributed by atoms with van der Waals surface area (Å²) in [6.07, 6.45) is 3.48. The summed E-state index contributed by atoms with van der Waals surface area (Å²) in [5.74, 6) is -0.132. The van der Waals surface area contributed by atoms with Crippen LogP contribution >= 0.6 is 11.6 Å². The van der Waals surface area contributed by atoms with Gasteiger partial charge in [0.2, 0.25) is 5.91 Å². The first-order chi connectivity index (χ1) is 7.69. The van der Waals surface area contributed by atoms with Crippen molar-refractivity contribution in [3.05, 3.63) is 0 Å². The maximum absolute atomic E-state index is 11.4. The molecule has 16 heavy (non-hydrogen) atoms. The molecule has 2 heterocycles. The van der Waals surface area contributed by atoms with Crippen LogP contribution in [0.4, 0.5) is 4.79 Å². The highest BCUT2D eigenvalue weighted by Gasteiger charge is 2.41. The van der Waals surface area contributed by atoms with E-state index < -0.39 is 6.03 Å². The predicted octanol–water partition coefficient (Wildman–Crippen LogP) is 0.761. The van der Waals surface area contributed by atoms with Crippen molar-refractivity contribution in [1.82, 2.24) is 10.6 Å². The zero-order valence-corrected chi connectivity index (χ0v) is 9.63. The molecule has 0 aromatic rings. The number of carbonyl (C=O) groups is 2. The van der Waals surface area contributed by atoms with Gasteiger partial charge in [0.15, 0.2) is 0 Å². The lowest BCUT2D eigenvalue weighted by Crippen LogP contribution is -2.48. The number of urea groups is 1. The average Bonchev–Trinajstić information content (AvgIpc) is 2.78. The molecular formula is C10H15ClN2O3. The Hall–Kier alpha value is -0.810. The SMILES string of the molecule is O=C(CCCl)NC(=O)NC1CC2CCC1O2. The largest absolute Gasteiger partial charge is 0.373 e. The van der Waals surface area contributed by atoms with Crippen LogP contribution in [0.1, 0.15) is 25.7 Å². The van der Waals surface area contributed by atoms with Crippen LogP contribution in [-0.4, -0.2) is 36.1 Å². The Kier molecular flexibility index (Phi) is 3.66. The summed E-state index contributed by atoms with van der Waals surface area (Å²) in [6.45, 7) is 0. The molecule has 2 aliphatic heterocycles. The molecule has 0 saturated carbocycles. The molecule has 3 atom stereocenters. The van der Waals surface area contributed by atoms with Gasteiger partial charge < -0.3 is 10.1 Å². The smallest absolute Gasteiger partial charge is 0.321 e. The third-order valence-electron chi connectivity index (χ3n) is 3.00. The highest BCUT2D eigenvalue weighted by Crippen LogP contribution is 2.34. The van der Waals surface area contributed by atoms with E-state index in [2.05, 4.69) is 10.6 Å². The number of halogens is 1. The fraction of sp³-hybridized carbons (Fsp3) is 0.800. The summed E-state index contributed by atoms with van der Waals surface area (Å²) in [6, 6.07) is -0.404. The lowest BCUT2D eigenvalue weighted by molar-refractivity contribution is -0.119. The Morgan fingerprint density at radius 3 is 2.75 bits per heavy atom. The third kappa shape index (κ3) is 2.65. The van der Waals surface area contributed by atoms with Gasteiger partial charge in [0.1, 0.15) is 0 Å². The molecule has 6 heteroatoms. The summed E-state index contributed by atoms with van der Waals surface area (Å²) >= 11 is 5.39. The number of imide groups is 1. The normalized spacial score (nSPS) is 31.4. The molecule has 2 aliphatic rings. The van der Waals surface area contributed by atoms with Gasteiger partial charge in [-0.05, 0) is 19.3 Å². The maximum Gasteiger partial charge on any atom is 0.321 e. The molecule has 2 fully saturated rings. The van der Waals surface area contributed by atoms with E-state index in [1.54, 1.807) is 0 Å². The van der Waals surface area contributed by atoms with Gasteiger partial charge in [0, 0.05) is 12.3 Å². The van der Waals surface area contributed by atoms with Crippen LogP contribution in [0, 0.1) is 0 Å². The van der Waals surface area contributed by atoms with Crippen LogP contribution < -0.4 is 10.6 Å². The van der Waals surface area contributed by atoms with Gasteiger partial charge in [-0.3, -0.25) is 10.1 Å². The summed E-state index contributed by atoms with van der Waals surface area (Å²) in [5.41, 5.74) is 0. The van der Waals surface area contributed by atoms with E-state index in [1.807, 2.05) is 0 Å². The minimum atomic E-state index is -0.448. The zero-order chi connectivity index (χ0) is 11.5. The average molecular weight is 247 g/mol. The Morgan fingerprint density at radius 1 is 1.38 bits per heavy atom. The predicted molar refractivity (Wildman–Crippen MR) is 58.3 cm³/mol. The second-order valence-corrected chi connectivity index (χ2v) is 4.55. The van der Waals surface area contributed by atoms with E-state index in [4.69, 9.17) is 16.3 Å². The summed E-state index contributed by atoms with van der Waals surface area (Å²) in [7, 11) is 0. The lowest BCUT2D eigenvalue weighted by atomic mass is 9.96. The molecular weight excluding hydrogens is 232 g/mol. The zero-order valence-electron chi connectivity index (χ0n) is 8.87. The molecule has 0 aromatic carbocycles. The van der Waals surface area contributed by atoms with Crippen LogP contribution in [0.25, 0.3) is 0 Å². The molecule has 5 nitrogen and oxygen atoms in total. The van der Waals surface area contributed by atoms with Crippen molar-refractivity contribution in [3.8, 4) is 0 Å². The van der Waals surface area contributed by atoms with Crippen molar-refractivity contribution >= 4 is 23.5 Å². The number of hydrogen-bond acceptors (Lipinski definition) is 3. The van der Waals surface area contributed by atoms with E-state index in [0.717, 1.165) is 19.3 Å². The Morgan fingerprint density at radius 2 is 2.19 bits per heavy atom. The summed E-state index contributed by atoms with van der Waals surface area (Å²) in [5, 5.41) is 5.00. The standard InChI is InChI=1S/C10H15ClN2O3/c11-4-3-9(14)13-10(15)12-7-5-6-1-2-8(7)16-6/h6-8H,1-5H2,(H2,12,13,14,15). The van der Waals surface area contributed by atoms with Gasteiger partial charge in [-0.25, -0.2) is 4.79 Å². The van der Waals surface area contributed by atoms with E-state index in [9.17, 15) is 9.59 Å². The fourth-order valence-electron chi connectivity index (χ4n) is 2.27. The molecule has 3 amide bonds. The first-order valence-electron chi connectivity index (χ1n) is 5.51. The second kappa shape index (κ2) is 5.01. The number of nitrogens with one attached hydrogen (secondary N) is 2. The van der Waals surface area contributed by atoms with Crippen LogP contribution in [0.5, 0.6) is 0 Å². The Balaban J connectivity index is 1.73. The topological polar surface area (TPSA) is 67.4 Å².